The van der Waals surface area contributed by atoms with E-state index >= 15 is 0 Å². The zero-order valence-corrected chi connectivity index (χ0v) is 12.2. The third kappa shape index (κ3) is 2.58. The average Bonchev–Trinajstić information content (AvgIpc) is 3.23. The molecule has 4 aromatic rings. The summed E-state index contributed by atoms with van der Waals surface area (Å²) in [5, 5.41) is 7.60. The van der Waals surface area contributed by atoms with Gasteiger partial charge in [0.25, 0.3) is 5.78 Å². The topological polar surface area (TPSA) is 73.8 Å². The summed E-state index contributed by atoms with van der Waals surface area (Å²) in [5.41, 5.74) is -0.171. The number of hydrogen-bond acceptors (Lipinski definition) is 5. The molecule has 126 valence electrons. The van der Waals surface area contributed by atoms with Gasteiger partial charge in [-0.1, -0.05) is 0 Å². The van der Waals surface area contributed by atoms with Gasteiger partial charge in [0.2, 0.25) is 0 Å². The van der Waals surface area contributed by atoms with Crippen molar-refractivity contribution in [2.75, 3.05) is 0 Å². The second-order valence-electron chi connectivity index (χ2n) is 5.00. The number of nitrogens with zero attached hydrogens (tertiary/aromatic N) is 7. The van der Waals surface area contributed by atoms with Crippen molar-refractivity contribution < 1.29 is 17.6 Å². The van der Waals surface area contributed by atoms with Crippen LogP contribution < -0.4 is 0 Å². The summed E-state index contributed by atoms with van der Waals surface area (Å²) in [6.45, 7) is 0. The van der Waals surface area contributed by atoms with E-state index in [2.05, 4.69) is 25.1 Å². The Bertz CT molecular complexity index is 1050. The quantitative estimate of drug-likeness (QED) is 0.520. The van der Waals surface area contributed by atoms with Gasteiger partial charge in [0, 0.05) is 5.56 Å². The van der Waals surface area contributed by atoms with Gasteiger partial charge in [0.15, 0.2) is 5.69 Å². The van der Waals surface area contributed by atoms with E-state index in [1.165, 1.54) is 41.7 Å². The first-order valence-electron chi connectivity index (χ1n) is 6.86. The second kappa shape index (κ2) is 5.33. The summed E-state index contributed by atoms with van der Waals surface area (Å²) in [5.74, 6) is -0.745. The lowest BCUT2D eigenvalue weighted by atomic mass is 10.1. The van der Waals surface area contributed by atoms with Crippen molar-refractivity contribution in [3.63, 3.8) is 0 Å². The molecule has 0 atom stereocenters. The predicted octanol–water partition coefficient (Wildman–Crippen LogP) is 2.53. The highest BCUT2D eigenvalue weighted by atomic mass is 19.4. The fraction of sp³-hybridized carbons (Fsp3) is 0.0714. The Morgan fingerprint density at radius 3 is 2.60 bits per heavy atom. The molecule has 0 radical (unpaired) electrons. The molecule has 0 fully saturated rings. The monoisotopic (exact) mass is 349 g/mol. The Morgan fingerprint density at radius 1 is 1.04 bits per heavy atom. The summed E-state index contributed by atoms with van der Waals surface area (Å²) in [7, 11) is 0. The van der Waals surface area contributed by atoms with E-state index in [0.717, 1.165) is 4.52 Å². The minimum atomic E-state index is -4.61. The zero-order valence-electron chi connectivity index (χ0n) is 12.2. The maximum atomic E-state index is 14.0. The van der Waals surface area contributed by atoms with E-state index < -0.39 is 17.7 Å². The zero-order chi connectivity index (χ0) is 17.6. The van der Waals surface area contributed by atoms with E-state index in [1.54, 1.807) is 0 Å². The molecule has 4 rings (SSSR count). The van der Waals surface area contributed by atoms with Crippen LogP contribution in [0.4, 0.5) is 17.6 Å². The first kappa shape index (κ1) is 15.2. The number of fused-ring (bicyclic) bond motifs is 1. The van der Waals surface area contributed by atoms with Crippen molar-refractivity contribution in [3.05, 3.63) is 54.8 Å². The third-order valence-electron chi connectivity index (χ3n) is 3.43. The Labute approximate surface area is 136 Å². The lowest BCUT2D eigenvalue weighted by Crippen LogP contribution is -2.11. The van der Waals surface area contributed by atoms with Crippen LogP contribution in [0, 0.1) is 5.82 Å². The van der Waals surface area contributed by atoms with Gasteiger partial charge in [-0.05, 0) is 18.2 Å². The van der Waals surface area contributed by atoms with Crippen molar-refractivity contribution in [3.8, 4) is 16.9 Å². The van der Waals surface area contributed by atoms with E-state index in [4.69, 9.17) is 0 Å². The fourth-order valence-electron chi connectivity index (χ4n) is 2.29. The van der Waals surface area contributed by atoms with Crippen LogP contribution in [-0.4, -0.2) is 34.3 Å². The van der Waals surface area contributed by atoms with Gasteiger partial charge in [-0.25, -0.2) is 24.0 Å². The molecule has 0 bridgehead atoms. The number of aromatic nitrogens is 7. The predicted molar refractivity (Wildman–Crippen MR) is 76.1 cm³/mol. The Morgan fingerprint density at radius 2 is 1.88 bits per heavy atom. The van der Waals surface area contributed by atoms with Gasteiger partial charge >= 0.3 is 6.18 Å². The van der Waals surface area contributed by atoms with Gasteiger partial charge in [-0.2, -0.15) is 27.9 Å². The summed E-state index contributed by atoms with van der Waals surface area (Å²) >= 11 is 0. The van der Waals surface area contributed by atoms with Gasteiger partial charge in [0.1, 0.15) is 24.2 Å². The molecule has 0 N–H and O–H groups in total. The molecule has 0 spiro atoms. The number of benzene rings is 1. The smallest absolute Gasteiger partial charge is 0.223 e. The maximum absolute atomic E-state index is 14.0. The first-order chi connectivity index (χ1) is 11.9. The summed E-state index contributed by atoms with van der Waals surface area (Å²) in [6.07, 6.45) is -0.110. The van der Waals surface area contributed by atoms with Gasteiger partial charge in [0.05, 0.1) is 18.1 Å². The van der Waals surface area contributed by atoms with Crippen molar-refractivity contribution in [1.29, 1.82) is 0 Å². The van der Waals surface area contributed by atoms with Crippen LogP contribution in [0.3, 0.4) is 0 Å². The molecule has 11 heteroatoms. The minimum Gasteiger partial charge on any atom is -0.223 e. The molecule has 7 nitrogen and oxygen atoms in total. The highest BCUT2D eigenvalue weighted by molar-refractivity contribution is 5.64. The molecule has 3 heterocycles. The average molecular weight is 349 g/mol. The highest BCUT2D eigenvalue weighted by Crippen LogP contribution is 2.28. The molecule has 0 amide bonds. The molecule has 0 saturated carbocycles. The lowest BCUT2D eigenvalue weighted by Gasteiger charge is -2.07. The molecule has 0 aliphatic heterocycles. The molecule has 0 unspecified atom stereocenters. The highest BCUT2D eigenvalue weighted by Gasteiger charge is 2.33. The second-order valence-corrected chi connectivity index (χ2v) is 5.00. The molecular formula is C14H7F4N7. The van der Waals surface area contributed by atoms with Crippen molar-refractivity contribution in [1.82, 2.24) is 34.3 Å². The van der Waals surface area contributed by atoms with E-state index in [-0.39, 0.29) is 11.5 Å². The van der Waals surface area contributed by atoms with Crippen LogP contribution in [0.25, 0.3) is 22.7 Å². The molecule has 0 saturated heterocycles. The maximum Gasteiger partial charge on any atom is 0.435 e. The number of rotatable bonds is 2. The summed E-state index contributed by atoms with van der Waals surface area (Å²) in [6, 6.07) is 4.13. The van der Waals surface area contributed by atoms with Gasteiger partial charge in [-0.3, -0.25) is 0 Å². The van der Waals surface area contributed by atoms with E-state index in [9.17, 15) is 17.6 Å². The number of hydrogen-bond donors (Lipinski definition) is 0. The first-order valence-corrected chi connectivity index (χ1v) is 6.86. The SMILES string of the molecule is Fc1ccc(-c2cnc3nc(C(F)(F)F)cnn23)cc1-n1cncn1. The summed E-state index contributed by atoms with van der Waals surface area (Å²) < 4.78 is 54.5. The van der Waals surface area contributed by atoms with Crippen LogP contribution in [0.2, 0.25) is 0 Å². The van der Waals surface area contributed by atoms with Gasteiger partial charge in [-0.15, -0.1) is 0 Å². The Kier molecular flexibility index (Phi) is 3.23. The number of halogens is 4. The molecule has 1 aromatic carbocycles. The Hall–Kier alpha value is -3.37. The standard InChI is InChI=1S/C14H7F4N7/c15-9-2-1-8(3-10(9)24-7-19-6-22-24)11-4-20-13-23-12(14(16,17)18)5-21-25(11)13/h1-7H. The number of alkyl halides is 3. The lowest BCUT2D eigenvalue weighted by molar-refractivity contribution is -0.141. The summed E-state index contributed by atoms with van der Waals surface area (Å²) in [4.78, 5) is 11.0. The molecule has 0 aliphatic carbocycles. The molecule has 3 aromatic heterocycles. The van der Waals surface area contributed by atoms with Crippen molar-refractivity contribution in [2.45, 2.75) is 6.18 Å². The van der Waals surface area contributed by atoms with Crippen LogP contribution >= 0.6 is 0 Å². The number of imidazole rings is 1. The fourth-order valence-corrected chi connectivity index (χ4v) is 2.29. The van der Waals surface area contributed by atoms with E-state index in [0.29, 0.717) is 17.5 Å². The Balaban J connectivity index is 1.84. The van der Waals surface area contributed by atoms with E-state index in [1.807, 2.05) is 0 Å². The minimum absolute atomic E-state index is 0.129. The van der Waals surface area contributed by atoms with Crippen molar-refractivity contribution in [2.24, 2.45) is 0 Å². The molecule has 25 heavy (non-hydrogen) atoms. The van der Waals surface area contributed by atoms with Crippen molar-refractivity contribution >= 4 is 5.78 Å². The third-order valence-corrected chi connectivity index (χ3v) is 3.43. The van der Waals surface area contributed by atoms with Crippen LogP contribution in [0.5, 0.6) is 0 Å². The van der Waals surface area contributed by atoms with Crippen LogP contribution in [0.15, 0.2) is 43.2 Å². The molecule has 0 aliphatic rings. The largest absolute Gasteiger partial charge is 0.435 e. The normalized spacial score (nSPS) is 12.0. The van der Waals surface area contributed by atoms with Crippen LogP contribution in [-0.2, 0) is 6.18 Å². The van der Waals surface area contributed by atoms with Crippen LogP contribution in [0.1, 0.15) is 5.69 Å². The molecular weight excluding hydrogens is 342 g/mol. The van der Waals surface area contributed by atoms with Gasteiger partial charge < -0.3 is 0 Å².